The average Bonchev–Trinajstić information content (AvgIpc) is 3.22. The number of carbonyl (C=O) groups is 1. The van der Waals surface area contributed by atoms with E-state index in [9.17, 15) is 4.79 Å². The smallest absolute Gasteiger partial charge is 0.231 e. The maximum Gasteiger partial charge on any atom is 0.231 e. The summed E-state index contributed by atoms with van der Waals surface area (Å²) in [6.07, 6.45) is 0. The van der Waals surface area contributed by atoms with Gasteiger partial charge < -0.3 is 20.1 Å². The number of hydrogen-bond acceptors (Lipinski definition) is 6. The van der Waals surface area contributed by atoms with Crippen LogP contribution in [0.1, 0.15) is 6.92 Å². The highest BCUT2D eigenvalue weighted by Gasteiger charge is 2.15. The summed E-state index contributed by atoms with van der Waals surface area (Å²) in [6, 6.07) is 13.3. The largest absolute Gasteiger partial charge is 0.454 e. The Morgan fingerprint density at radius 3 is 2.84 bits per heavy atom. The summed E-state index contributed by atoms with van der Waals surface area (Å²) in [7, 11) is 0. The highest BCUT2D eigenvalue weighted by atomic mass is 32.1. The standard InChI is InChI=1S/C18H15N3O3S/c1-11(22)19-13-3-2-4-14(8-13)20-18-21-15(9-25-18)12-5-6-16-17(7-12)24-10-23-16/h2-9H,10H2,1H3,(H,19,22)(H,20,21). The molecule has 0 atom stereocenters. The fourth-order valence-corrected chi connectivity index (χ4v) is 3.26. The second-order valence-corrected chi connectivity index (χ2v) is 6.35. The maximum absolute atomic E-state index is 11.2. The van der Waals surface area contributed by atoms with Crippen LogP contribution in [-0.4, -0.2) is 17.7 Å². The number of rotatable bonds is 4. The molecule has 0 saturated carbocycles. The molecule has 2 aromatic carbocycles. The van der Waals surface area contributed by atoms with Gasteiger partial charge in [0.25, 0.3) is 0 Å². The number of nitrogens with one attached hydrogen (secondary N) is 2. The van der Waals surface area contributed by atoms with E-state index < -0.39 is 0 Å². The zero-order valence-electron chi connectivity index (χ0n) is 13.4. The minimum Gasteiger partial charge on any atom is -0.454 e. The number of amides is 1. The Morgan fingerprint density at radius 2 is 1.96 bits per heavy atom. The highest BCUT2D eigenvalue weighted by Crippen LogP contribution is 2.36. The number of anilines is 3. The number of aromatic nitrogens is 1. The van der Waals surface area contributed by atoms with Gasteiger partial charge >= 0.3 is 0 Å². The van der Waals surface area contributed by atoms with Crippen LogP contribution < -0.4 is 20.1 Å². The second-order valence-electron chi connectivity index (χ2n) is 5.49. The molecular formula is C18H15N3O3S. The lowest BCUT2D eigenvalue weighted by Crippen LogP contribution is -2.05. The van der Waals surface area contributed by atoms with Crippen molar-refractivity contribution < 1.29 is 14.3 Å². The number of nitrogens with zero attached hydrogens (tertiary/aromatic N) is 1. The van der Waals surface area contributed by atoms with Crippen molar-refractivity contribution in [3.8, 4) is 22.8 Å². The van der Waals surface area contributed by atoms with Gasteiger partial charge in [-0.25, -0.2) is 4.98 Å². The van der Waals surface area contributed by atoms with Gasteiger partial charge in [-0.05, 0) is 36.4 Å². The summed E-state index contributed by atoms with van der Waals surface area (Å²) in [6.45, 7) is 1.74. The Kier molecular flexibility index (Phi) is 3.99. The van der Waals surface area contributed by atoms with Crippen LogP contribution in [0.2, 0.25) is 0 Å². The molecule has 3 aromatic rings. The molecule has 0 spiro atoms. The summed E-state index contributed by atoms with van der Waals surface area (Å²) in [5.74, 6) is 1.40. The number of thiazole rings is 1. The molecule has 0 fully saturated rings. The van der Waals surface area contributed by atoms with Gasteiger partial charge in [-0.3, -0.25) is 4.79 Å². The lowest BCUT2D eigenvalue weighted by Gasteiger charge is -2.06. The van der Waals surface area contributed by atoms with E-state index in [0.29, 0.717) is 0 Å². The Bertz CT molecular complexity index is 939. The summed E-state index contributed by atoms with van der Waals surface area (Å²) >= 11 is 1.51. The number of ether oxygens (including phenoxy) is 2. The third-order valence-corrected chi connectivity index (χ3v) is 4.36. The molecule has 126 valence electrons. The molecule has 0 radical (unpaired) electrons. The van der Waals surface area contributed by atoms with Gasteiger partial charge in [0.15, 0.2) is 16.6 Å². The topological polar surface area (TPSA) is 72.5 Å². The number of benzene rings is 2. The first kappa shape index (κ1) is 15.5. The van der Waals surface area contributed by atoms with Crippen LogP contribution in [0.25, 0.3) is 11.3 Å². The van der Waals surface area contributed by atoms with Crippen molar-refractivity contribution in [2.75, 3.05) is 17.4 Å². The van der Waals surface area contributed by atoms with Gasteiger partial charge in [0, 0.05) is 29.2 Å². The average molecular weight is 353 g/mol. The van der Waals surface area contributed by atoms with Crippen LogP contribution in [0.3, 0.4) is 0 Å². The predicted molar refractivity (Wildman–Crippen MR) is 97.7 cm³/mol. The molecule has 1 aliphatic heterocycles. The summed E-state index contributed by atoms with van der Waals surface area (Å²) in [4.78, 5) is 15.8. The van der Waals surface area contributed by atoms with Crippen molar-refractivity contribution in [3.05, 3.63) is 47.8 Å². The van der Waals surface area contributed by atoms with Crippen molar-refractivity contribution in [2.45, 2.75) is 6.92 Å². The zero-order valence-corrected chi connectivity index (χ0v) is 14.2. The van der Waals surface area contributed by atoms with Crippen molar-refractivity contribution in [1.82, 2.24) is 4.98 Å². The van der Waals surface area contributed by atoms with Crippen LogP contribution in [0.15, 0.2) is 47.8 Å². The Hall–Kier alpha value is -3.06. The Morgan fingerprint density at radius 1 is 1.12 bits per heavy atom. The zero-order chi connectivity index (χ0) is 17.2. The van der Waals surface area contributed by atoms with Crippen LogP contribution in [-0.2, 0) is 4.79 Å². The first-order chi connectivity index (χ1) is 12.2. The van der Waals surface area contributed by atoms with Crippen LogP contribution >= 0.6 is 11.3 Å². The molecule has 1 aliphatic rings. The molecule has 2 N–H and O–H groups in total. The van der Waals surface area contributed by atoms with Crippen LogP contribution in [0, 0.1) is 0 Å². The molecule has 6 nitrogen and oxygen atoms in total. The number of carbonyl (C=O) groups excluding carboxylic acids is 1. The first-order valence-electron chi connectivity index (χ1n) is 7.67. The molecule has 0 saturated heterocycles. The van der Waals surface area contributed by atoms with Gasteiger partial charge in [-0.1, -0.05) is 6.07 Å². The summed E-state index contributed by atoms with van der Waals surface area (Å²) in [5, 5.41) is 8.78. The summed E-state index contributed by atoms with van der Waals surface area (Å²) in [5.41, 5.74) is 3.44. The maximum atomic E-state index is 11.2. The molecule has 1 amide bonds. The lowest BCUT2D eigenvalue weighted by atomic mass is 10.1. The van der Waals surface area contributed by atoms with Crippen LogP contribution in [0.4, 0.5) is 16.5 Å². The minimum absolute atomic E-state index is 0.100. The van der Waals surface area contributed by atoms with Crippen molar-refractivity contribution >= 4 is 33.8 Å². The van der Waals surface area contributed by atoms with Crippen molar-refractivity contribution in [1.29, 1.82) is 0 Å². The van der Waals surface area contributed by atoms with E-state index in [1.165, 1.54) is 18.3 Å². The third-order valence-electron chi connectivity index (χ3n) is 3.61. The SMILES string of the molecule is CC(=O)Nc1cccc(Nc2nc(-c3ccc4c(c3)OCO4)cs2)c1. The van der Waals surface area contributed by atoms with Gasteiger partial charge in [0.05, 0.1) is 5.69 Å². The molecule has 0 aliphatic carbocycles. The number of hydrogen-bond donors (Lipinski definition) is 2. The van der Waals surface area contributed by atoms with E-state index in [2.05, 4.69) is 15.6 Å². The van der Waals surface area contributed by atoms with Crippen LogP contribution in [0.5, 0.6) is 11.5 Å². The summed E-state index contributed by atoms with van der Waals surface area (Å²) < 4.78 is 10.7. The Labute approximate surface area is 148 Å². The molecule has 4 rings (SSSR count). The third kappa shape index (κ3) is 3.41. The molecular weight excluding hydrogens is 338 g/mol. The quantitative estimate of drug-likeness (QED) is 0.734. The van der Waals surface area contributed by atoms with Crippen molar-refractivity contribution in [2.24, 2.45) is 0 Å². The van der Waals surface area contributed by atoms with E-state index in [1.54, 1.807) is 0 Å². The van der Waals surface area contributed by atoms with Gasteiger partial charge in [0.1, 0.15) is 0 Å². The van der Waals surface area contributed by atoms with E-state index in [0.717, 1.165) is 39.3 Å². The molecule has 1 aromatic heterocycles. The first-order valence-corrected chi connectivity index (χ1v) is 8.55. The molecule has 0 bridgehead atoms. The van der Waals surface area contributed by atoms with E-state index >= 15 is 0 Å². The minimum atomic E-state index is -0.100. The monoisotopic (exact) mass is 353 g/mol. The number of fused-ring (bicyclic) bond motifs is 1. The molecule has 25 heavy (non-hydrogen) atoms. The van der Waals surface area contributed by atoms with Crippen molar-refractivity contribution in [3.63, 3.8) is 0 Å². The fourth-order valence-electron chi connectivity index (χ4n) is 2.52. The second kappa shape index (κ2) is 6.45. The lowest BCUT2D eigenvalue weighted by molar-refractivity contribution is -0.114. The van der Waals surface area contributed by atoms with Gasteiger partial charge in [0.2, 0.25) is 12.7 Å². The van der Waals surface area contributed by atoms with Gasteiger partial charge in [-0.15, -0.1) is 11.3 Å². The molecule has 0 unspecified atom stereocenters. The molecule has 2 heterocycles. The molecule has 7 heteroatoms. The normalized spacial score (nSPS) is 12.0. The van der Waals surface area contributed by atoms with E-state index in [4.69, 9.17) is 9.47 Å². The predicted octanol–water partition coefficient (Wildman–Crippen LogP) is 4.24. The van der Waals surface area contributed by atoms with E-state index in [-0.39, 0.29) is 12.7 Å². The van der Waals surface area contributed by atoms with E-state index in [1.807, 2.05) is 47.8 Å². The highest BCUT2D eigenvalue weighted by molar-refractivity contribution is 7.14. The van der Waals surface area contributed by atoms with Gasteiger partial charge in [-0.2, -0.15) is 0 Å². The Balaban J connectivity index is 1.53. The fraction of sp³-hybridized carbons (Fsp3) is 0.111.